The van der Waals surface area contributed by atoms with Gasteiger partial charge in [-0.15, -0.1) is 0 Å². The number of carbonyl (C=O) groups excluding carboxylic acids is 2. The van der Waals surface area contributed by atoms with Crippen LogP contribution in [-0.2, 0) is 9.59 Å². The summed E-state index contributed by atoms with van der Waals surface area (Å²) in [6.07, 6.45) is 0. The van der Waals surface area contributed by atoms with Crippen LogP contribution in [-0.4, -0.2) is 35.0 Å². The summed E-state index contributed by atoms with van der Waals surface area (Å²) < 4.78 is 12.0. The lowest BCUT2D eigenvalue weighted by Crippen LogP contribution is -2.29. The van der Waals surface area contributed by atoms with Crippen LogP contribution in [0.25, 0.3) is 16.0 Å². The molecule has 180 valence electrons. The normalized spacial score (nSPS) is 18.7. The Kier molecular flexibility index (Phi) is 5.43. The van der Waals surface area contributed by atoms with Crippen molar-refractivity contribution in [3.63, 3.8) is 0 Å². The Morgan fingerprint density at radius 1 is 1.03 bits per heavy atom. The lowest BCUT2D eigenvalue weighted by molar-refractivity contribution is -0.132. The third-order valence-electron chi connectivity index (χ3n) is 6.20. The monoisotopic (exact) mass is 518 g/mol. The maximum Gasteiger partial charge on any atom is 0.301 e. The van der Waals surface area contributed by atoms with Crippen molar-refractivity contribution >= 4 is 55.7 Å². The topological polar surface area (TPSA) is 89.0 Å². The third-order valence-corrected chi connectivity index (χ3v) is 7.45. The van der Waals surface area contributed by atoms with E-state index in [-0.39, 0.29) is 11.3 Å². The van der Waals surface area contributed by atoms with Gasteiger partial charge in [-0.05, 0) is 48.9 Å². The number of hydrogen-bond acceptors (Lipinski definition) is 7. The highest BCUT2D eigenvalue weighted by molar-refractivity contribution is 7.22. The van der Waals surface area contributed by atoms with Crippen LogP contribution >= 0.6 is 22.9 Å². The van der Waals surface area contributed by atoms with E-state index >= 15 is 0 Å². The van der Waals surface area contributed by atoms with E-state index in [1.807, 2.05) is 31.2 Å². The maximum atomic E-state index is 13.4. The van der Waals surface area contributed by atoms with Gasteiger partial charge in [0.05, 0.1) is 21.8 Å². The Hall–Kier alpha value is -3.88. The number of aromatic nitrogens is 1. The molecule has 3 heterocycles. The number of ether oxygens (including phenoxy) is 2. The summed E-state index contributed by atoms with van der Waals surface area (Å²) in [5.41, 5.74) is 2.70. The molecule has 3 aromatic carbocycles. The Morgan fingerprint density at radius 3 is 2.56 bits per heavy atom. The Balaban J connectivity index is 1.54. The largest absolute Gasteiger partial charge is 0.507 e. The quantitative estimate of drug-likeness (QED) is 0.214. The molecule has 4 aromatic rings. The van der Waals surface area contributed by atoms with E-state index in [2.05, 4.69) is 4.98 Å². The number of aryl methyl sites for hydroxylation is 1. The van der Waals surface area contributed by atoms with Gasteiger partial charge in [0.2, 0.25) is 0 Å². The second-order valence-corrected chi connectivity index (χ2v) is 9.99. The number of aliphatic hydroxyl groups excluding tert-OH is 1. The van der Waals surface area contributed by atoms with Gasteiger partial charge in [0.15, 0.2) is 16.6 Å². The minimum atomic E-state index is -0.866. The predicted molar refractivity (Wildman–Crippen MR) is 138 cm³/mol. The summed E-state index contributed by atoms with van der Waals surface area (Å²) >= 11 is 7.41. The molecule has 1 aromatic heterocycles. The average molecular weight is 519 g/mol. The van der Waals surface area contributed by atoms with Crippen LogP contribution in [0.15, 0.2) is 66.2 Å². The molecule has 1 fully saturated rings. The van der Waals surface area contributed by atoms with Crippen LogP contribution in [0, 0.1) is 6.92 Å². The molecule has 0 aliphatic carbocycles. The number of amides is 1. The predicted octanol–water partition coefficient (Wildman–Crippen LogP) is 5.66. The number of aliphatic hydroxyl groups is 1. The zero-order valence-corrected chi connectivity index (χ0v) is 20.6. The zero-order chi connectivity index (χ0) is 25.0. The molecule has 1 amide bonds. The van der Waals surface area contributed by atoms with Gasteiger partial charge in [-0.1, -0.05) is 52.8 Å². The number of hydrogen-bond donors (Lipinski definition) is 1. The Bertz CT molecular complexity index is 1580. The number of ketones is 1. The fourth-order valence-corrected chi connectivity index (χ4v) is 5.70. The van der Waals surface area contributed by atoms with Crippen molar-refractivity contribution in [1.82, 2.24) is 4.98 Å². The molecule has 6 rings (SSSR count). The molecular weight excluding hydrogens is 500 g/mol. The van der Waals surface area contributed by atoms with E-state index in [0.717, 1.165) is 10.3 Å². The van der Waals surface area contributed by atoms with Gasteiger partial charge >= 0.3 is 5.91 Å². The van der Waals surface area contributed by atoms with Crippen LogP contribution in [0.2, 0.25) is 5.02 Å². The summed E-state index contributed by atoms with van der Waals surface area (Å²) in [5, 5.41) is 12.3. The molecule has 2 aliphatic heterocycles. The van der Waals surface area contributed by atoms with E-state index < -0.39 is 17.7 Å². The van der Waals surface area contributed by atoms with Crippen molar-refractivity contribution in [1.29, 1.82) is 0 Å². The van der Waals surface area contributed by atoms with Crippen LogP contribution in [0.3, 0.4) is 0 Å². The minimum absolute atomic E-state index is 0.0159. The molecule has 1 atom stereocenters. The molecule has 0 saturated carbocycles. The number of anilines is 1. The minimum Gasteiger partial charge on any atom is -0.507 e. The van der Waals surface area contributed by atoms with Gasteiger partial charge < -0.3 is 14.6 Å². The number of nitrogens with zero attached hydrogens (tertiary/aromatic N) is 2. The van der Waals surface area contributed by atoms with Crippen molar-refractivity contribution in [2.24, 2.45) is 0 Å². The van der Waals surface area contributed by atoms with Crippen molar-refractivity contribution in [3.8, 4) is 11.5 Å². The molecule has 0 radical (unpaired) electrons. The van der Waals surface area contributed by atoms with Crippen molar-refractivity contribution in [2.45, 2.75) is 13.0 Å². The molecule has 9 heteroatoms. The summed E-state index contributed by atoms with van der Waals surface area (Å²) in [7, 11) is 0. The maximum absolute atomic E-state index is 13.4. The molecule has 0 bridgehead atoms. The van der Waals surface area contributed by atoms with Crippen LogP contribution < -0.4 is 14.4 Å². The lowest BCUT2D eigenvalue weighted by Gasteiger charge is -2.23. The van der Waals surface area contributed by atoms with E-state index in [4.69, 9.17) is 21.1 Å². The smallest absolute Gasteiger partial charge is 0.301 e. The number of benzene rings is 3. The van der Waals surface area contributed by atoms with Gasteiger partial charge in [-0.2, -0.15) is 0 Å². The second-order valence-electron chi connectivity index (χ2n) is 8.55. The van der Waals surface area contributed by atoms with E-state index in [1.54, 1.807) is 36.4 Å². The summed E-state index contributed by atoms with van der Waals surface area (Å²) in [6.45, 7) is 2.77. The first-order chi connectivity index (χ1) is 17.4. The first kappa shape index (κ1) is 22.6. The number of halogens is 1. The fourth-order valence-electron chi connectivity index (χ4n) is 4.43. The first-order valence-corrected chi connectivity index (χ1v) is 12.4. The molecule has 0 unspecified atom stereocenters. The average Bonchev–Trinajstić information content (AvgIpc) is 3.41. The van der Waals surface area contributed by atoms with Crippen LogP contribution in [0.4, 0.5) is 5.13 Å². The second kappa shape index (κ2) is 8.65. The van der Waals surface area contributed by atoms with Crippen molar-refractivity contribution < 1.29 is 24.2 Å². The fraction of sp³-hybridized carbons (Fsp3) is 0.148. The highest BCUT2D eigenvalue weighted by Crippen LogP contribution is 2.45. The number of thiazole rings is 1. The standard InChI is InChI=1S/C27H19ClN2O5S/c1-14-2-4-15(5-3-14)23-22(24(31)16-6-9-19-20(12-16)35-11-10-34-19)25(32)26(33)30(23)27-29-18-8-7-17(28)13-21(18)36-27/h2-9,12-13,23,31H,10-11H2,1H3/b24-22+/t23-/m0/s1. The summed E-state index contributed by atoms with van der Waals surface area (Å²) in [6, 6.07) is 16.8. The third kappa shape index (κ3) is 3.70. The Labute approximate surface area is 215 Å². The Morgan fingerprint density at radius 2 is 1.78 bits per heavy atom. The van der Waals surface area contributed by atoms with Gasteiger partial charge in [0, 0.05) is 10.6 Å². The van der Waals surface area contributed by atoms with Crippen molar-refractivity contribution in [2.75, 3.05) is 18.1 Å². The van der Waals surface area contributed by atoms with E-state index in [1.165, 1.54) is 16.2 Å². The highest BCUT2D eigenvalue weighted by atomic mass is 35.5. The van der Waals surface area contributed by atoms with Crippen LogP contribution in [0.5, 0.6) is 11.5 Å². The lowest BCUT2D eigenvalue weighted by atomic mass is 9.94. The first-order valence-electron chi connectivity index (χ1n) is 11.2. The number of Topliss-reactive ketones (excluding diaryl/α,β-unsaturated/α-hetero) is 1. The molecular formula is C27H19ClN2O5S. The zero-order valence-electron chi connectivity index (χ0n) is 19.0. The van der Waals surface area contributed by atoms with E-state index in [9.17, 15) is 14.7 Å². The number of fused-ring (bicyclic) bond motifs is 2. The van der Waals surface area contributed by atoms with Gasteiger partial charge in [-0.3, -0.25) is 14.5 Å². The van der Waals surface area contributed by atoms with Crippen molar-refractivity contribution in [3.05, 3.63) is 87.9 Å². The van der Waals surface area contributed by atoms with Gasteiger partial charge in [0.1, 0.15) is 19.0 Å². The number of rotatable bonds is 3. The molecule has 7 nitrogen and oxygen atoms in total. The summed E-state index contributed by atoms with van der Waals surface area (Å²) in [5.74, 6) is -0.812. The molecule has 0 spiro atoms. The summed E-state index contributed by atoms with van der Waals surface area (Å²) in [4.78, 5) is 32.8. The van der Waals surface area contributed by atoms with E-state index in [0.29, 0.717) is 51.5 Å². The molecule has 1 N–H and O–H groups in total. The molecule has 1 saturated heterocycles. The number of carbonyl (C=O) groups is 2. The van der Waals surface area contributed by atoms with Crippen LogP contribution in [0.1, 0.15) is 22.7 Å². The van der Waals surface area contributed by atoms with Gasteiger partial charge in [0.25, 0.3) is 5.78 Å². The molecule has 36 heavy (non-hydrogen) atoms. The molecule has 2 aliphatic rings. The highest BCUT2D eigenvalue weighted by Gasteiger charge is 2.48. The SMILES string of the molecule is Cc1ccc([C@H]2/C(=C(\O)c3ccc4c(c3)OCCO4)C(=O)C(=O)N2c2nc3ccc(Cl)cc3s2)cc1. The van der Waals surface area contributed by atoms with Gasteiger partial charge in [-0.25, -0.2) is 4.98 Å².